The van der Waals surface area contributed by atoms with Gasteiger partial charge in [0.05, 0.1) is 0 Å². The Morgan fingerprint density at radius 3 is 2.90 bits per heavy atom. The zero-order valence-electron chi connectivity index (χ0n) is 6.26. The molecule has 0 aromatic rings. The minimum Gasteiger partial charge on any atom is -0.396 e. The van der Waals surface area contributed by atoms with Crippen LogP contribution in [0.25, 0.3) is 0 Å². The third-order valence-corrected chi connectivity index (χ3v) is 2.11. The van der Waals surface area contributed by atoms with Gasteiger partial charge in [0.15, 0.2) is 0 Å². The minimum absolute atomic E-state index is 0.00495. The molecule has 0 aromatic heterocycles. The van der Waals surface area contributed by atoms with Crippen LogP contribution in [0.15, 0.2) is 0 Å². The van der Waals surface area contributed by atoms with E-state index in [1.165, 1.54) is 0 Å². The van der Waals surface area contributed by atoms with Gasteiger partial charge in [-0.2, -0.15) is 0 Å². The van der Waals surface area contributed by atoms with E-state index in [0.717, 1.165) is 13.0 Å². The Morgan fingerprint density at radius 1 is 1.70 bits per heavy atom. The van der Waals surface area contributed by atoms with Crippen LogP contribution in [0.5, 0.6) is 0 Å². The molecule has 0 aromatic carbocycles. The molecule has 1 aliphatic rings. The first-order valence-electron chi connectivity index (χ1n) is 3.67. The molecule has 10 heavy (non-hydrogen) atoms. The van der Waals surface area contributed by atoms with Gasteiger partial charge in [0, 0.05) is 19.1 Å². The van der Waals surface area contributed by atoms with E-state index in [-0.39, 0.29) is 12.5 Å². The average Bonchev–Trinajstić information content (AvgIpc) is 1.88. The lowest BCUT2D eigenvalue weighted by molar-refractivity contribution is 0.0622. The number of aliphatic hydroxyl groups excluding tert-OH is 1. The van der Waals surface area contributed by atoms with Crippen molar-refractivity contribution < 1.29 is 9.50 Å². The van der Waals surface area contributed by atoms with Crippen molar-refractivity contribution in [2.45, 2.75) is 12.6 Å². The van der Waals surface area contributed by atoms with Gasteiger partial charge in [0.25, 0.3) is 0 Å². The molecular formula is C7H14FNO. The number of hydrogen-bond acceptors (Lipinski definition) is 2. The maximum Gasteiger partial charge on any atom is 0.118 e. The predicted octanol–water partition coefficient (Wildman–Crippen LogP) is 0.269. The molecule has 2 nitrogen and oxygen atoms in total. The molecule has 0 radical (unpaired) electrons. The molecule has 0 bridgehead atoms. The van der Waals surface area contributed by atoms with Crippen molar-refractivity contribution in [3.63, 3.8) is 0 Å². The van der Waals surface area contributed by atoms with Gasteiger partial charge >= 0.3 is 0 Å². The van der Waals surface area contributed by atoms with Crippen molar-refractivity contribution in [3.05, 3.63) is 0 Å². The number of halogens is 1. The SMILES string of the molecule is CN1CCC(CO)C(F)C1. The first-order chi connectivity index (χ1) is 4.74. The normalized spacial score (nSPS) is 36.3. The van der Waals surface area contributed by atoms with Crippen LogP contribution in [-0.2, 0) is 0 Å². The molecule has 0 aliphatic carbocycles. The Hall–Kier alpha value is -0.150. The van der Waals surface area contributed by atoms with Crippen molar-refractivity contribution in [2.75, 3.05) is 26.7 Å². The van der Waals surface area contributed by atoms with Crippen LogP contribution in [0, 0.1) is 5.92 Å². The zero-order valence-corrected chi connectivity index (χ0v) is 6.26. The number of alkyl halides is 1. The van der Waals surface area contributed by atoms with Gasteiger partial charge in [-0.25, -0.2) is 4.39 Å². The number of rotatable bonds is 1. The van der Waals surface area contributed by atoms with E-state index in [1.807, 2.05) is 11.9 Å². The van der Waals surface area contributed by atoms with E-state index >= 15 is 0 Å². The van der Waals surface area contributed by atoms with Crippen LogP contribution < -0.4 is 0 Å². The number of piperidine rings is 1. The van der Waals surface area contributed by atoms with E-state index in [0.29, 0.717) is 6.54 Å². The Morgan fingerprint density at radius 2 is 2.40 bits per heavy atom. The largest absolute Gasteiger partial charge is 0.396 e. The summed E-state index contributed by atoms with van der Waals surface area (Å²) in [5.41, 5.74) is 0. The van der Waals surface area contributed by atoms with E-state index in [2.05, 4.69) is 0 Å². The summed E-state index contributed by atoms with van der Waals surface area (Å²) in [4.78, 5) is 1.96. The quantitative estimate of drug-likeness (QED) is 0.575. The molecule has 2 atom stereocenters. The molecule has 0 amide bonds. The third-order valence-electron chi connectivity index (χ3n) is 2.11. The summed E-state index contributed by atoms with van der Waals surface area (Å²) in [5.74, 6) is -0.115. The number of hydrogen-bond donors (Lipinski definition) is 1. The molecule has 2 unspecified atom stereocenters. The van der Waals surface area contributed by atoms with Crippen LogP contribution in [0.4, 0.5) is 4.39 Å². The molecule has 1 N–H and O–H groups in total. The van der Waals surface area contributed by atoms with Gasteiger partial charge in [-0.05, 0) is 20.0 Å². The van der Waals surface area contributed by atoms with Crippen LogP contribution in [0.1, 0.15) is 6.42 Å². The van der Waals surface area contributed by atoms with Crippen molar-refractivity contribution in [1.82, 2.24) is 4.90 Å². The van der Waals surface area contributed by atoms with E-state index in [4.69, 9.17) is 5.11 Å². The van der Waals surface area contributed by atoms with Crippen LogP contribution in [-0.4, -0.2) is 42.9 Å². The maximum absolute atomic E-state index is 12.9. The summed E-state index contributed by atoms with van der Waals surface area (Å²) in [6.45, 7) is 1.38. The maximum atomic E-state index is 12.9. The molecule has 1 rings (SSSR count). The Labute approximate surface area is 60.6 Å². The number of nitrogens with zero attached hydrogens (tertiary/aromatic N) is 1. The summed E-state index contributed by atoms with van der Waals surface area (Å²) >= 11 is 0. The highest BCUT2D eigenvalue weighted by Crippen LogP contribution is 2.18. The fourth-order valence-electron chi connectivity index (χ4n) is 1.31. The second kappa shape index (κ2) is 3.30. The second-order valence-corrected chi connectivity index (χ2v) is 3.01. The predicted molar refractivity (Wildman–Crippen MR) is 37.6 cm³/mol. The van der Waals surface area contributed by atoms with Crippen LogP contribution in [0.2, 0.25) is 0 Å². The summed E-state index contributed by atoms with van der Waals surface area (Å²) in [7, 11) is 1.90. The molecule has 1 fully saturated rings. The van der Waals surface area contributed by atoms with Gasteiger partial charge in [0.1, 0.15) is 6.17 Å². The van der Waals surface area contributed by atoms with Crippen molar-refractivity contribution in [2.24, 2.45) is 5.92 Å². The zero-order chi connectivity index (χ0) is 7.56. The van der Waals surface area contributed by atoms with E-state index in [9.17, 15) is 4.39 Å². The first kappa shape index (κ1) is 7.95. The van der Waals surface area contributed by atoms with Gasteiger partial charge in [0.2, 0.25) is 0 Å². The average molecular weight is 147 g/mol. The Balaban J connectivity index is 2.36. The summed E-state index contributed by atoms with van der Waals surface area (Å²) < 4.78 is 12.9. The topological polar surface area (TPSA) is 23.5 Å². The lowest BCUT2D eigenvalue weighted by Crippen LogP contribution is -2.40. The van der Waals surface area contributed by atoms with E-state index in [1.54, 1.807) is 0 Å². The van der Waals surface area contributed by atoms with Crippen molar-refractivity contribution in [3.8, 4) is 0 Å². The second-order valence-electron chi connectivity index (χ2n) is 3.01. The fourth-order valence-corrected chi connectivity index (χ4v) is 1.31. The van der Waals surface area contributed by atoms with Gasteiger partial charge < -0.3 is 10.0 Å². The summed E-state index contributed by atoms with van der Waals surface area (Å²) in [5, 5.41) is 8.69. The van der Waals surface area contributed by atoms with Crippen LogP contribution in [0.3, 0.4) is 0 Å². The van der Waals surface area contributed by atoms with Crippen molar-refractivity contribution >= 4 is 0 Å². The standard InChI is InChI=1S/C7H14FNO/c1-9-3-2-6(5-10)7(8)4-9/h6-7,10H,2-5H2,1H3. The fraction of sp³-hybridized carbons (Fsp3) is 1.00. The Bertz CT molecular complexity index is 110. The van der Waals surface area contributed by atoms with Gasteiger partial charge in [-0.15, -0.1) is 0 Å². The van der Waals surface area contributed by atoms with Gasteiger partial charge in [-0.1, -0.05) is 0 Å². The third kappa shape index (κ3) is 1.67. The minimum atomic E-state index is -0.830. The smallest absolute Gasteiger partial charge is 0.118 e. The molecule has 0 spiro atoms. The first-order valence-corrected chi connectivity index (χ1v) is 3.67. The summed E-state index contributed by atoms with van der Waals surface area (Å²) in [6.07, 6.45) is -0.0440. The summed E-state index contributed by atoms with van der Waals surface area (Å²) in [6, 6.07) is 0. The molecule has 0 saturated carbocycles. The molecule has 1 saturated heterocycles. The highest BCUT2D eigenvalue weighted by Gasteiger charge is 2.26. The molecule has 60 valence electrons. The Kier molecular flexibility index (Phi) is 2.63. The van der Waals surface area contributed by atoms with E-state index < -0.39 is 6.17 Å². The highest BCUT2D eigenvalue weighted by molar-refractivity contribution is 4.77. The van der Waals surface area contributed by atoms with Crippen molar-refractivity contribution in [1.29, 1.82) is 0 Å². The number of likely N-dealkylation sites (tertiary alicyclic amines) is 1. The lowest BCUT2D eigenvalue weighted by Gasteiger charge is -2.30. The lowest BCUT2D eigenvalue weighted by atomic mass is 9.96. The molecule has 1 heterocycles. The van der Waals surface area contributed by atoms with Crippen LogP contribution >= 0.6 is 0 Å². The number of aliphatic hydroxyl groups is 1. The monoisotopic (exact) mass is 147 g/mol. The highest BCUT2D eigenvalue weighted by atomic mass is 19.1. The molecule has 3 heteroatoms. The molecular weight excluding hydrogens is 133 g/mol. The molecule has 1 aliphatic heterocycles. The van der Waals surface area contributed by atoms with Gasteiger partial charge in [-0.3, -0.25) is 0 Å².